The third-order valence-corrected chi connectivity index (χ3v) is 5.56. The first-order valence-electron chi connectivity index (χ1n) is 12.4. The largest absolute Gasteiger partial charge is 0.463 e. The van der Waals surface area contributed by atoms with Crippen LogP contribution in [0.4, 0.5) is 0 Å². The molecule has 1 aliphatic rings. The van der Waals surface area contributed by atoms with Crippen LogP contribution in [0.25, 0.3) is 0 Å². The van der Waals surface area contributed by atoms with Crippen molar-refractivity contribution in [1.29, 1.82) is 0 Å². The zero-order chi connectivity index (χ0) is 29.2. The molecule has 0 spiro atoms. The third-order valence-electron chi connectivity index (χ3n) is 5.56. The van der Waals surface area contributed by atoms with E-state index in [-0.39, 0.29) is 18.2 Å². The number of amides is 1. The summed E-state index contributed by atoms with van der Waals surface area (Å²) < 4.78 is 27.1. The highest BCUT2D eigenvalue weighted by molar-refractivity contribution is 5.77. The van der Waals surface area contributed by atoms with E-state index in [4.69, 9.17) is 23.7 Å². The van der Waals surface area contributed by atoms with Crippen molar-refractivity contribution in [1.82, 2.24) is 25.5 Å². The Morgan fingerprint density at radius 2 is 1.50 bits per heavy atom. The molecule has 216 valence electrons. The molecule has 2 heterocycles. The molecule has 3 rings (SSSR count). The van der Waals surface area contributed by atoms with Gasteiger partial charge in [0.1, 0.15) is 12.7 Å². The van der Waals surface area contributed by atoms with Crippen LogP contribution in [-0.2, 0) is 60.5 Å². The van der Waals surface area contributed by atoms with E-state index in [0.29, 0.717) is 13.0 Å². The summed E-state index contributed by atoms with van der Waals surface area (Å²) in [5.41, 5.74) is 1.07. The van der Waals surface area contributed by atoms with Crippen molar-refractivity contribution in [2.45, 2.75) is 71.2 Å². The van der Waals surface area contributed by atoms with Crippen molar-refractivity contribution in [3.63, 3.8) is 0 Å². The summed E-state index contributed by atoms with van der Waals surface area (Å²) in [5.74, 6) is -3.26. The van der Waals surface area contributed by atoms with Crippen molar-refractivity contribution in [3.05, 3.63) is 41.7 Å². The number of hydrogen-bond acceptors (Lipinski definition) is 13. The summed E-state index contributed by atoms with van der Waals surface area (Å²) in [7, 11) is 0. The molecule has 0 aliphatic carbocycles. The number of nitrogens with zero attached hydrogens (tertiary/aromatic N) is 4. The summed E-state index contributed by atoms with van der Waals surface area (Å²) in [5, 5.41) is 14.8. The van der Waals surface area contributed by atoms with E-state index in [1.54, 1.807) is 0 Å². The molecule has 5 atom stereocenters. The number of carbonyl (C=O) groups is 5. The summed E-state index contributed by atoms with van der Waals surface area (Å²) >= 11 is 0. The van der Waals surface area contributed by atoms with Gasteiger partial charge in [-0.2, -0.15) is 0 Å². The Labute approximate surface area is 229 Å². The molecule has 5 unspecified atom stereocenters. The van der Waals surface area contributed by atoms with Crippen LogP contribution in [0.5, 0.6) is 0 Å². The number of nitrogens with one attached hydrogen (secondary N) is 1. The van der Waals surface area contributed by atoms with Gasteiger partial charge in [-0.25, -0.2) is 0 Å². The van der Waals surface area contributed by atoms with Gasteiger partial charge >= 0.3 is 23.9 Å². The Balaban J connectivity index is 1.81. The van der Waals surface area contributed by atoms with E-state index in [1.807, 2.05) is 30.3 Å². The minimum atomic E-state index is -1.40. The molecular weight excluding hydrogens is 530 g/mol. The Bertz CT molecular complexity index is 1200. The van der Waals surface area contributed by atoms with Crippen molar-refractivity contribution in [2.24, 2.45) is 0 Å². The highest BCUT2D eigenvalue weighted by Crippen LogP contribution is 2.34. The topological polar surface area (TPSA) is 187 Å². The fourth-order valence-electron chi connectivity index (χ4n) is 4.02. The molecule has 1 amide bonds. The van der Waals surface area contributed by atoms with Crippen LogP contribution >= 0.6 is 0 Å². The van der Waals surface area contributed by atoms with Gasteiger partial charge in [-0.15, -0.1) is 15.0 Å². The van der Waals surface area contributed by atoms with Gasteiger partial charge in [-0.3, -0.25) is 24.0 Å². The summed E-state index contributed by atoms with van der Waals surface area (Å²) in [6.07, 6.45) is -6.22. The fraction of sp³-hybridized carbons (Fsp3) is 0.520. The SMILES string of the molecule is CC(=O)OCC1OC(n2nnc(CC(=O)NCCc3ccccc3)n2)C(OC(C)=O)C(OC(C)=O)C1OC(C)=O. The fourth-order valence-corrected chi connectivity index (χ4v) is 4.02. The maximum atomic E-state index is 12.4. The number of hydrogen-bond donors (Lipinski definition) is 1. The molecule has 1 aromatic heterocycles. The van der Waals surface area contributed by atoms with Crippen LogP contribution < -0.4 is 5.32 Å². The lowest BCUT2D eigenvalue weighted by Crippen LogP contribution is -2.60. The average Bonchev–Trinajstić information content (AvgIpc) is 3.33. The molecule has 1 aromatic carbocycles. The van der Waals surface area contributed by atoms with Crippen molar-refractivity contribution >= 4 is 29.8 Å². The second kappa shape index (κ2) is 14.1. The van der Waals surface area contributed by atoms with E-state index >= 15 is 0 Å². The van der Waals surface area contributed by atoms with Gasteiger partial charge in [-0.05, 0) is 17.2 Å². The first-order valence-corrected chi connectivity index (χ1v) is 12.4. The number of rotatable bonds is 11. The molecular formula is C25H31N5O10. The molecule has 40 heavy (non-hydrogen) atoms. The van der Waals surface area contributed by atoms with Crippen LogP contribution in [-0.4, -0.2) is 87.6 Å². The van der Waals surface area contributed by atoms with Gasteiger partial charge in [0.15, 0.2) is 24.1 Å². The second-order valence-corrected chi connectivity index (χ2v) is 8.88. The number of esters is 4. The third kappa shape index (κ3) is 8.83. The Morgan fingerprint density at radius 1 is 0.875 bits per heavy atom. The first kappa shape index (κ1) is 30.1. The van der Waals surface area contributed by atoms with E-state index < -0.39 is 61.1 Å². The summed E-state index contributed by atoms with van der Waals surface area (Å²) in [4.78, 5) is 60.7. The minimum Gasteiger partial charge on any atom is -0.463 e. The lowest BCUT2D eigenvalue weighted by molar-refractivity contribution is -0.272. The zero-order valence-corrected chi connectivity index (χ0v) is 22.5. The van der Waals surface area contributed by atoms with Crippen LogP contribution in [0, 0.1) is 0 Å². The van der Waals surface area contributed by atoms with E-state index in [1.165, 1.54) is 6.92 Å². The van der Waals surface area contributed by atoms with Gasteiger partial charge in [-0.1, -0.05) is 30.3 Å². The molecule has 0 bridgehead atoms. The van der Waals surface area contributed by atoms with Crippen LogP contribution in [0.3, 0.4) is 0 Å². The van der Waals surface area contributed by atoms with E-state index in [2.05, 4.69) is 20.7 Å². The number of tetrazole rings is 1. The monoisotopic (exact) mass is 561 g/mol. The molecule has 1 fully saturated rings. The maximum absolute atomic E-state index is 12.4. The molecule has 1 N–H and O–H groups in total. The average molecular weight is 562 g/mol. The van der Waals surface area contributed by atoms with Crippen LogP contribution in [0.2, 0.25) is 0 Å². The number of aromatic nitrogens is 4. The Morgan fingerprint density at radius 3 is 2.12 bits per heavy atom. The zero-order valence-electron chi connectivity index (χ0n) is 22.5. The van der Waals surface area contributed by atoms with E-state index in [9.17, 15) is 24.0 Å². The van der Waals surface area contributed by atoms with Crippen LogP contribution in [0.15, 0.2) is 30.3 Å². The van der Waals surface area contributed by atoms with Gasteiger partial charge in [0.05, 0.1) is 6.42 Å². The quantitative estimate of drug-likeness (QED) is 0.282. The Kier molecular flexibility index (Phi) is 10.6. The standard InChI is InChI=1S/C25H31N5O10/c1-14(31)36-13-19-22(37-15(2)32)23(38-16(3)33)24(39-17(4)34)25(40-19)30-28-20(27-29-30)12-21(35)26-11-10-18-8-6-5-7-9-18/h5-9,19,22-25H,10-13H2,1-4H3,(H,26,35). The normalized spacial score (nSPS) is 22.1. The number of benzene rings is 1. The smallest absolute Gasteiger partial charge is 0.303 e. The highest BCUT2D eigenvalue weighted by atomic mass is 16.7. The second-order valence-electron chi connectivity index (χ2n) is 8.88. The first-order chi connectivity index (χ1) is 19.0. The molecule has 1 saturated heterocycles. The van der Waals surface area contributed by atoms with Gasteiger partial charge in [0.2, 0.25) is 12.1 Å². The summed E-state index contributed by atoms with van der Waals surface area (Å²) in [6, 6.07) is 9.63. The molecule has 15 heteroatoms. The lowest BCUT2D eigenvalue weighted by Gasteiger charge is -2.43. The number of carbonyl (C=O) groups excluding carboxylic acids is 5. The predicted molar refractivity (Wildman–Crippen MR) is 132 cm³/mol. The highest BCUT2D eigenvalue weighted by Gasteiger charge is 2.53. The van der Waals surface area contributed by atoms with Crippen LogP contribution in [0.1, 0.15) is 45.3 Å². The van der Waals surface area contributed by atoms with Gasteiger partial charge < -0.3 is 29.0 Å². The molecule has 15 nitrogen and oxygen atoms in total. The van der Waals surface area contributed by atoms with Gasteiger partial charge in [0.25, 0.3) is 0 Å². The molecule has 2 aromatic rings. The molecule has 1 aliphatic heterocycles. The van der Waals surface area contributed by atoms with Crippen molar-refractivity contribution in [3.8, 4) is 0 Å². The molecule has 0 saturated carbocycles. The maximum Gasteiger partial charge on any atom is 0.303 e. The number of ether oxygens (including phenoxy) is 5. The predicted octanol–water partition coefficient (Wildman–Crippen LogP) is -0.170. The lowest BCUT2D eigenvalue weighted by atomic mass is 9.97. The Hall–Kier alpha value is -4.40. The minimum absolute atomic E-state index is 0.0325. The van der Waals surface area contributed by atoms with E-state index in [0.717, 1.165) is 31.1 Å². The molecule has 0 radical (unpaired) electrons. The summed E-state index contributed by atoms with van der Waals surface area (Å²) in [6.45, 7) is 4.52. The van der Waals surface area contributed by atoms with Gasteiger partial charge in [0, 0.05) is 34.2 Å². The van der Waals surface area contributed by atoms with Crippen molar-refractivity contribution in [2.75, 3.05) is 13.2 Å². The van der Waals surface area contributed by atoms with Crippen molar-refractivity contribution < 1.29 is 47.7 Å².